The molecule has 0 atom stereocenters. The van der Waals surface area contributed by atoms with Crippen molar-refractivity contribution in [1.82, 2.24) is 4.90 Å². The lowest BCUT2D eigenvalue weighted by atomic mass is 9.82. The summed E-state index contributed by atoms with van der Waals surface area (Å²) in [5, 5.41) is 2.47. The van der Waals surface area contributed by atoms with Gasteiger partial charge in [-0.15, -0.1) is 11.3 Å². The van der Waals surface area contributed by atoms with Crippen molar-refractivity contribution in [2.45, 2.75) is 31.8 Å². The molecule has 25 heavy (non-hydrogen) atoms. The topological polar surface area (TPSA) is 46.6 Å². The summed E-state index contributed by atoms with van der Waals surface area (Å²) in [7, 11) is 0. The van der Waals surface area contributed by atoms with E-state index in [2.05, 4.69) is 0 Å². The van der Waals surface area contributed by atoms with Gasteiger partial charge in [-0.25, -0.2) is 0 Å². The molecule has 1 aromatic carbocycles. The van der Waals surface area contributed by atoms with Crippen LogP contribution >= 0.6 is 22.9 Å². The number of carbonyl (C=O) groups is 2. The van der Waals surface area contributed by atoms with E-state index in [-0.39, 0.29) is 11.7 Å². The van der Waals surface area contributed by atoms with Crippen molar-refractivity contribution in [3.05, 3.63) is 50.7 Å². The maximum Gasteiger partial charge on any atom is 0.263 e. The van der Waals surface area contributed by atoms with Gasteiger partial charge in [0.2, 0.25) is 0 Å². The molecule has 4 nitrogen and oxygen atoms in total. The summed E-state index contributed by atoms with van der Waals surface area (Å²) in [6.07, 6.45) is 1.68. The molecule has 0 saturated carbocycles. The Morgan fingerprint density at radius 2 is 2.08 bits per heavy atom. The SMILES string of the molecule is Cc1cc(Cl)cc2c1OC1(CCN(C(=O)c3cccs3)CC1)CC2=O. The van der Waals surface area contributed by atoms with Crippen LogP contribution in [0.4, 0.5) is 0 Å². The van der Waals surface area contributed by atoms with Gasteiger partial charge in [0.25, 0.3) is 5.91 Å². The lowest BCUT2D eigenvalue weighted by Crippen LogP contribution is -2.52. The summed E-state index contributed by atoms with van der Waals surface area (Å²) in [6.45, 7) is 3.12. The summed E-state index contributed by atoms with van der Waals surface area (Å²) in [6, 6.07) is 7.25. The number of likely N-dealkylation sites (tertiary alicyclic amines) is 1. The van der Waals surface area contributed by atoms with E-state index in [1.807, 2.05) is 35.4 Å². The predicted octanol–water partition coefficient (Wildman–Crippen LogP) is 4.35. The third-order valence-corrected chi connectivity index (χ3v) is 6.11. The second-order valence-corrected chi connectivity index (χ2v) is 8.14. The fraction of sp³-hybridized carbons (Fsp3) is 0.368. The monoisotopic (exact) mass is 375 g/mol. The number of aryl methyl sites for hydroxylation is 1. The van der Waals surface area contributed by atoms with Gasteiger partial charge in [-0.3, -0.25) is 9.59 Å². The van der Waals surface area contributed by atoms with Crippen molar-refractivity contribution in [2.24, 2.45) is 0 Å². The first kappa shape index (κ1) is 16.6. The lowest BCUT2D eigenvalue weighted by Gasteiger charge is -2.44. The Bertz CT molecular complexity index is 839. The van der Waals surface area contributed by atoms with Crippen LogP contribution in [0.5, 0.6) is 5.75 Å². The van der Waals surface area contributed by atoms with Gasteiger partial charge in [0.15, 0.2) is 5.78 Å². The molecule has 1 fully saturated rings. The Kier molecular flexibility index (Phi) is 4.08. The van der Waals surface area contributed by atoms with Crippen molar-refractivity contribution in [3.63, 3.8) is 0 Å². The second-order valence-electron chi connectivity index (χ2n) is 6.75. The molecular formula is C19H18ClNO3S. The smallest absolute Gasteiger partial charge is 0.263 e. The first-order valence-corrected chi connectivity index (χ1v) is 9.58. The summed E-state index contributed by atoms with van der Waals surface area (Å²) < 4.78 is 6.32. The first-order chi connectivity index (χ1) is 12.0. The molecule has 0 aliphatic carbocycles. The number of fused-ring (bicyclic) bond motifs is 1. The van der Waals surface area contributed by atoms with E-state index in [4.69, 9.17) is 16.3 Å². The van der Waals surface area contributed by atoms with Gasteiger partial charge in [0, 0.05) is 31.0 Å². The van der Waals surface area contributed by atoms with Gasteiger partial charge in [0.1, 0.15) is 11.4 Å². The Morgan fingerprint density at radius 3 is 2.76 bits per heavy atom. The molecule has 0 N–H and O–H groups in total. The molecule has 6 heteroatoms. The average Bonchev–Trinajstić information content (AvgIpc) is 3.11. The van der Waals surface area contributed by atoms with Gasteiger partial charge in [-0.05, 0) is 36.1 Å². The van der Waals surface area contributed by atoms with Crippen LogP contribution in [0.2, 0.25) is 5.02 Å². The highest BCUT2D eigenvalue weighted by Crippen LogP contribution is 2.42. The minimum Gasteiger partial charge on any atom is -0.486 e. The van der Waals surface area contributed by atoms with Crippen LogP contribution in [0.1, 0.15) is 44.9 Å². The quantitative estimate of drug-likeness (QED) is 0.744. The van der Waals surface area contributed by atoms with Crippen LogP contribution < -0.4 is 4.74 Å². The number of nitrogens with zero attached hydrogens (tertiary/aromatic N) is 1. The summed E-state index contributed by atoms with van der Waals surface area (Å²) in [4.78, 5) is 27.8. The van der Waals surface area contributed by atoms with E-state index in [0.717, 1.165) is 10.4 Å². The summed E-state index contributed by atoms with van der Waals surface area (Å²) in [5.41, 5.74) is 0.953. The zero-order chi connectivity index (χ0) is 17.6. The number of thiophene rings is 1. The largest absolute Gasteiger partial charge is 0.486 e. The third kappa shape index (κ3) is 2.96. The highest BCUT2D eigenvalue weighted by Gasteiger charge is 2.44. The number of Topliss-reactive ketones (excluding diaryl/α,β-unsaturated/α-hetero) is 1. The number of ether oxygens (including phenoxy) is 1. The minimum atomic E-state index is -0.505. The number of rotatable bonds is 1. The van der Waals surface area contributed by atoms with Gasteiger partial charge in [0.05, 0.1) is 16.9 Å². The molecule has 0 unspecified atom stereocenters. The minimum absolute atomic E-state index is 0.0651. The first-order valence-electron chi connectivity index (χ1n) is 8.33. The normalized spacial score (nSPS) is 18.8. The van der Waals surface area contributed by atoms with Crippen LogP contribution in [-0.2, 0) is 0 Å². The number of halogens is 1. The average molecular weight is 376 g/mol. The molecule has 1 amide bonds. The Labute approximate surface area is 155 Å². The van der Waals surface area contributed by atoms with E-state index in [0.29, 0.717) is 48.7 Å². The maximum atomic E-state index is 12.6. The number of carbonyl (C=O) groups excluding carboxylic acids is 2. The van der Waals surface area contributed by atoms with Crippen LogP contribution in [0, 0.1) is 6.92 Å². The molecule has 3 heterocycles. The highest BCUT2D eigenvalue weighted by molar-refractivity contribution is 7.12. The van der Waals surface area contributed by atoms with Gasteiger partial charge in [-0.1, -0.05) is 17.7 Å². The number of hydrogen-bond donors (Lipinski definition) is 0. The van der Waals surface area contributed by atoms with Gasteiger partial charge < -0.3 is 9.64 Å². The van der Waals surface area contributed by atoms with Crippen molar-refractivity contribution >= 4 is 34.6 Å². The predicted molar refractivity (Wildman–Crippen MR) is 98.0 cm³/mol. The molecule has 0 radical (unpaired) electrons. The molecule has 1 aromatic heterocycles. The fourth-order valence-corrected chi connectivity index (χ4v) is 4.63. The Hall–Kier alpha value is -1.85. The summed E-state index contributed by atoms with van der Waals surface area (Å²) >= 11 is 7.53. The molecule has 0 bridgehead atoms. The number of piperidine rings is 1. The maximum absolute atomic E-state index is 12.6. The number of benzene rings is 1. The molecular weight excluding hydrogens is 358 g/mol. The zero-order valence-corrected chi connectivity index (χ0v) is 15.5. The molecule has 1 saturated heterocycles. The number of amides is 1. The van der Waals surface area contributed by atoms with E-state index in [1.165, 1.54) is 11.3 Å². The molecule has 130 valence electrons. The van der Waals surface area contributed by atoms with Crippen molar-refractivity contribution in [3.8, 4) is 5.75 Å². The van der Waals surface area contributed by atoms with E-state index in [1.54, 1.807) is 6.07 Å². The fourth-order valence-electron chi connectivity index (χ4n) is 3.67. The Morgan fingerprint density at radius 1 is 1.32 bits per heavy atom. The van der Waals surface area contributed by atoms with Crippen LogP contribution in [0.3, 0.4) is 0 Å². The molecule has 2 aliphatic heterocycles. The van der Waals surface area contributed by atoms with Gasteiger partial charge >= 0.3 is 0 Å². The van der Waals surface area contributed by atoms with E-state index in [9.17, 15) is 9.59 Å². The number of ketones is 1. The van der Waals surface area contributed by atoms with E-state index < -0.39 is 5.60 Å². The van der Waals surface area contributed by atoms with Crippen molar-refractivity contribution in [2.75, 3.05) is 13.1 Å². The van der Waals surface area contributed by atoms with Crippen LogP contribution in [0.15, 0.2) is 29.6 Å². The molecule has 4 rings (SSSR count). The molecule has 2 aliphatic rings. The molecule has 2 aromatic rings. The Balaban J connectivity index is 1.53. The van der Waals surface area contributed by atoms with Gasteiger partial charge in [-0.2, -0.15) is 0 Å². The highest BCUT2D eigenvalue weighted by atomic mass is 35.5. The summed E-state index contributed by atoms with van der Waals surface area (Å²) in [5.74, 6) is 0.791. The lowest BCUT2D eigenvalue weighted by molar-refractivity contribution is -0.00605. The van der Waals surface area contributed by atoms with Crippen molar-refractivity contribution < 1.29 is 14.3 Å². The van der Waals surface area contributed by atoms with Crippen LogP contribution in [-0.4, -0.2) is 35.3 Å². The van der Waals surface area contributed by atoms with Crippen molar-refractivity contribution in [1.29, 1.82) is 0 Å². The van der Waals surface area contributed by atoms with Crippen LogP contribution in [0.25, 0.3) is 0 Å². The molecule has 1 spiro atoms. The number of hydrogen-bond acceptors (Lipinski definition) is 4. The zero-order valence-electron chi connectivity index (χ0n) is 13.9. The standard InChI is InChI=1S/C19H18ClNO3S/c1-12-9-13(20)10-14-15(22)11-19(24-17(12)14)4-6-21(7-5-19)18(23)16-3-2-8-25-16/h2-3,8-10H,4-7,11H2,1H3. The third-order valence-electron chi connectivity index (χ3n) is 5.03. The second kappa shape index (κ2) is 6.15. The van der Waals surface area contributed by atoms with E-state index >= 15 is 0 Å².